The Morgan fingerprint density at radius 2 is 2.19 bits per heavy atom. The third-order valence-electron chi connectivity index (χ3n) is 2.55. The van der Waals surface area contributed by atoms with Gasteiger partial charge in [-0.1, -0.05) is 11.8 Å². The van der Waals surface area contributed by atoms with Gasteiger partial charge in [0.1, 0.15) is 18.1 Å². The first kappa shape index (κ1) is 14.6. The summed E-state index contributed by atoms with van der Waals surface area (Å²) in [5, 5.41) is 11.3. The van der Waals surface area contributed by atoms with Gasteiger partial charge in [-0.25, -0.2) is 9.37 Å². The lowest BCUT2D eigenvalue weighted by molar-refractivity contribution is 0.102. The summed E-state index contributed by atoms with van der Waals surface area (Å²) in [5.41, 5.74) is 1.45. The maximum absolute atomic E-state index is 13.2. The fourth-order valence-corrected chi connectivity index (χ4v) is 1.56. The summed E-state index contributed by atoms with van der Waals surface area (Å²) in [7, 11) is 0. The van der Waals surface area contributed by atoms with Gasteiger partial charge in [-0.3, -0.25) is 9.78 Å². The van der Waals surface area contributed by atoms with Gasteiger partial charge in [-0.15, -0.1) is 0 Å². The molecule has 2 N–H and O–H groups in total. The van der Waals surface area contributed by atoms with Gasteiger partial charge in [0.2, 0.25) is 0 Å². The van der Waals surface area contributed by atoms with Crippen molar-refractivity contribution in [1.82, 2.24) is 9.97 Å². The van der Waals surface area contributed by atoms with E-state index in [1.54, 1.807) is 6.92 Å². The summed E-state index contributed by atoms with van der Waals surface area (Å²) in [6, 6.07) is 3.79. The van der Waals surface area contributed by atoms with E-state index >= 15 is 0 Å². The molecule has 0 atom stereocenters. The van der Waals surface area contributed by atoms with Crippen molar-refractivity contribution in [2.75, 3.05) is 11.9 Å². The molecule has 1 aromatic heterocycles. The maximum atomic E-state index is 13.2. The number of rotatable bonds is 2. The Morgan fingerprint density at radius 3 is 2.86 bits per heavy atom. The lowest BCUT2D eigenvalue weighted by Gasteiger charge is -2.07. The molecular weight excluding hydrogens is 273 g/mol. The topological polar surface area (TPSA) is 75.1 Å². The van der Waals surface area contributed by atoms with Crippen molar-refractivity contribution >= 4 is 11.6 Å². The van der Waals surface area contributed by atoms with Gasteiger partial charge in [-0.05, 0) is 25.1 Å². The molecule has 106 valence electrons. The molecule has 1 heterocycles. The van der Waals surface area contributed by atoms with E-state index in [1.165, 1.54) is 30.6 Å². The average Bonchev–Trinajstić information content (AvgIpc) is 2.48. The average molecular weight is 285 g/mol. The van der Waals surface area contributed by atoms with Gasteiger partial charge in [0, 0.05) is 6.20 Å². The highest BCUT2D eigenvalue weighted by molar-refractivity contribution is 6.03. The number of anilines is 1. The smallest absolute Gasteiger partial charge is 0.275 e. The number of aryl methyl sites for hydroxylation is 1. The number of aliphatic hydroxyl groups is 1. The van der Waals surface area contributed by atoms with E-state index in [2.05, 4.69) is 27.1 Å². The molecule has 6 heteroatoms. The number of carbonyl (C=O) groups excluding carboxylic acids is 1. The molecule has 21 heavy (non-hydrogen) atoms. The van der Waals surface area contributed by atoms with Crippen LogP contribution in [-0.4, -0.2) is 27.6 Å². The van der Waals surface area contributed by atoms with Crippen LogP contribution in [0.1, 0.15) is 21.7 Å². The Morgan fingerprint density at radius 1 is 1.38 bits per heavy atom. The molecule has 0 unspecified atom stereocenters. The molecule has 0 saturated heterocycles. The number of amides is 1. The van der Waals surface area contributed by atoms with Gasteiger partial charge in [-0.2, -0.15) is 0 Å². The molecule has 5 nitrogen and oxygen atoms in total. The van der Waals surface area contributed by atoms with Crippen LogP contribution in [0.4, 0.5) is 10.1 Å². The number of aromatic nitrogens is 2. The molecule has 0 aliphatic heterocycles. The van der Waals surface area contributed by atoms with Crippen molar-refractivity contribution in [3.63, 3.8) is 0 Å². The number of halogens is 1. The summed E-state index contributed by atoms with van der Waals surface area (Å²) >= 11 is 0. The number of aliphatic hydroxyl groups excluding tert-OH is 1. The standard InChI is InChI=1S/C15H12FN3O2/c1-10-8-18-14(9-17-10)15(21)19-13-5-4-12(16)7-11(13)3-2-6-20/h4-5,7-9,20H,6H2,1H3,(H,19,21). The Bertz CT molecular complexity index is 718. The highest BCUT2D eigenvalue weighted by Crippen LogP contribution is 2.16. The second-order valence-electron chi connectivity index (χ2n) is 4.15. The third-order valence-corrected chi connectivity index (χ3v) is 2.55. The molecule has 0 aliphatic carbocycles. The highest BCUT2D eigenvalue weighted by atomic mass is 19.1. The van der Waals surface area contributed by atoms with Crippen molar-refractivity contribution in [2.45, 2.75) is 6.92 Å². The van der Waals surface area contributed by atoms with Crippen LogP contribution in [0.3, 0.4) is 0 Å². The summed E-state index contributed by atoms with van der Waals surface area (Å²) in [6.45, 7) is 1.41. The molecule has 0 bridgehead atoms. The van der Waals surface area contributed by atoms with Gasteiger partial charge in [0.15, 0.2) is 0 Å². The Balaban J connectivity index is 2.26. The van der Waals surface area contributed by atoms with Gasteiger partial charge in [0.05, 0.1) is 23.1 Å². The zero-order chi connectivity index (χ0) is 15.2. The quantitative estimate of drug-likeness (QED) is 0.820. The van der Waals surface area contributed by atoms with Crippen LogP contribution >= 0.6 is 0 Å². The van der Waals surface area contributed by atoms with E-state index in [9.17, 15) is 9.18 Å². The van der Waals surface area contributed by atoms with Crippen molar-refractivity contribution in [2.24, 2.45) is 0 Å². The lowest BCUT2D eigenvalue weighted by atomic mass is 10.1. The molecule has 0 fully saturated rings. The molecule has 0 spiro atoms. The van der Waals surface area contributed by atoms with Crippen LogP contribution in [0.25, 0.3) is 0 Å². The number of nitrogens with zero attached hydrogens (tertiary/aromatic N) is 2. The minimum Gasteiger partial charge on any atom is -0.384 e. The SMILES string of the molecule is Cc1cnc(C(=O)Nc2ccc(F)cc2C#CCO)cn1. The van der Waals surface area contributed by atoms with Crippen LogP contribution in [0.2, 0.25) is 0 Å². The van der Waals surface area contributed by atoms with Crippen molar-refractivity contribution in [3.8, 4) is 11.8 Å². The van der Waals surface area contributed by atoms with Crippen LogP contribution in [0.15, 0.2) is 30.6 Å². The third kappa shape index (κ3) is 3.84. The second-order valence-corrected chi connectivity index (χ2v) is 4.15. The van der Waals surface area contributed by atoms with Crippen LogP contribution in [0, 0.1) is 24.6 Å². The normalized spacial score (nSPS) is 9.67. The molecule has 1 aromatic carbocycles. The first-order chi connectivity index (χ1) is 10.1. The highest BCUT2D eigenvalue weighted by Gasteiger charge is 2.10. The van der Waals surface area contributed by atoms with E-state index in [0.717, 1.165) is 0 Å². The molecule has 1 amide bonds. The summed E-state index contributed by atoms with van der Waals surface area (Å²) < 4.78 is 13.2. The van der Waals surface area contributed by atoms with Gasteiger partial charge < -0.3 is 10.4 Å². The molecule has 0 radical (unpaired) electrons. The van der Waals surface area contributed by atoms with E-state index in [-0.39, 0.29) is 17.9 Å². The maximum Gasteiger partial charge on any atom is 0.275 e. The number of benzene rings is 1. The largest absolute Gasteiger partial charge is 0.384 e. The van der Waals surface area contributed by atoms with Crippen molar-refractivity contribution in [1.29, 1.82) is 0 Å². The summed E-state index contributed by atoms with van der Waals surface area (Å²) in [4.78, 5) is 20.0. The predicted octanol–water partition coefficient (Wildman–Crippen LogP) is 1.52. The number of carbonyl (C=O) groups is 1. The number of hydrogen-bond acceptors (Lipinski definition) is 4. The van der Waals surface area contributed by atoms with E-state index in [1.807, 2.05) is 0 Å². The summed E-state index contributed by atoms with van der Waals surface area (Å²) in [5.74, 6) is 4.04. The second kappa shape index (κ2) is 6.59. The number of hydrogen-bond donors (Lipinski definition) is 2. The van der Waals surface area contributed by atoms with E-state index in [0.29, 0.717) is 11.4 Å². The van der Waals surface area contributed by atoms with Crippen LogP contribution < -0.4 is 5.32 Å². The van der Waals surface area contributed by atoms with E-state index < -0.39 is 11.7 Å². The fraction of sp³-hybridized carbons (Fsp3) is 0.133. The predicted molar refractivity (Wildman–Crippen MR) is 75.1 cm³/mol. The Labute approximate surface area is 120 Å². The minimum atomic E-state index is -0.481. The zero-order valence-corrected chi connectivity index (χ0v) is 11.2. The first-order valence-corrected chi connectivity index (χ1v) is 6.09. The fourth-order valence-electron chi connectivity index (χ4n) is 1.56. The van der Waals surface area contributed by atoms with Gasteiger partial charge in [0.25, 0.3) is 5.91 Å². The summed E-state index contributed by atoms with van der Waals surface area (Å²) in [6.07, 6.45) is 2.83. The molecule has 0 saturated carbocycles. The van der Waals surface area contributed by atoms with Crippen LogP contribution in [0.5, 0.6) is 0 Å². The zero-order valence-electron chi connectivity index (χ0n) is 11.2. The molecular formula is C15H12FN3O2. The molecule has 2 rings (SSSR count). The number of nitrogens with one attached hydrogen (secondary N) is 1. The minimum absolute atomic E-state index is 0.144. The Kier molecular flexibility index (Phi) is 4.59. The monoisotopic (exact) mass is 285 g/mol. The Hall–Kier alpha value is -2.78. The van der Waals surface area contributed by atoms with E-state index in [4.69, 9.17) is 5.11 Å². The van der Waals surface area contributed by atoms with Gasteiger partial charge >= 0.3 is 0 Å². The van der Waals surface area contributed by atoms with Crippen LogP contribution in [-0.2, 0) is 0 Å². The van der Waals surface area contributed by atoms with Crippen molar-refractivity contribution in [3.05, 3.63) is 53.4 Å². The first-order valence-electron chi connectivity index (χ1n) is 6.09. The molecule has 0 aliphatic rings. The van der Waals surface area contributed by atoms with Crippen molar-refractivity contribution < 1.29 is 14.3 Å². The molecule has 2 aromatic rings. The lowest BCUT2D eigenvalue weighted by Crippen LogP contribution is -2.15.